The summed E-state index contributed by atoms with van der Waals surface area (Å²) >= 11 is 0. The summed E-state index contributed by atoms with van der Waals surface area (Å²) < 4.78 is 0. The second-order valence-corrected chi connectivity index (χ2v) is 10.2. The van der Waals surface area contributed by atoms with Crippen molar-refractivity contribution in [2.45, 2.75) is 32.1 Å². The van der Waals surface area contributed by atoms with Gasteiger partial charge in [0.05, 0.1) is 0 Å². The zero-order valence-electron chi connectivity index (χ0n) is 8.42. The molecular weight excluding hydrogens is 164 g/mol. The van der Waals surface area contributed by atoms with Crippen molar-refractivity contribution < 1.29 is 4.79 Å². The first kappa shape index (κ1) is 9.71. The van der Waals surface area contributed by atoms with Crippen LogP contribution in [0.1, 0.15) is 6.92 Å². The third-order valence-electron chi connectivity index (χ3n) is 2.82. The molecule has 68 valence electrons. The van der Waals surface area contributed by atoms with E-state index in [1.807, 2.05) is 6.08 Å². The van der Waals surface area contributed by atoms with Gasteiger partial charge in [0.25, 0.3) is 0 Å². The van der Waals surface area contributed by atoms with Crippen LogP contribution in [0.5, 0.6) is 0 Å². The number of hydrogen-bond donors (Lipinski definition) is 0. The van der Waals surface area contributed by atoms with Crippen molar-refractivity contribution in [1.82, 2.24) is 0 Å². The first-order chi connectivity index (χ1) is 5.39. The van der Waals surface area contributed by atoms with Gasteiger partial charge in [-0.2, -0.15) is 0 Å². The lowest BCUT2D eigenvalue weighted by atomic mass is 10.2. The van der Waals surface area contributed by atoms with Crippen molar-refractivity contribution in [3.8, 4) is 0 Å². The highest BCUT2D eigenvalue weighted by atomic mass is 28.3. The lowest BCUT2D eigenvalue weighted by Gasteiger charge is -2.14. The Labute approximate surface area is 75.9 Å². The van der Waals surface area contributed by atoms with Crippen LogP contribution < -0.4 is 0 Å². The lowest BCUT2D eigenvalue weighted by Crippen LogP contribution is -2.22. The average Bonchev–Trinajstić information content (AvgIpc) is 2.58. The molecule has 0 unspecified atom stereocenters. The fraction of sp³-hybridized carbons (Fsp3) is 0.700. The molecule has 1 saturated carbocycles. The Balaban J connectivity index is 2.72. The maximum Gasteiger partial charge on any atom is 0.133 e. The quantitative estimate of drug-likeness (QED) is 0.484. The van der Waals surface area contributed by atoms with Crippen LogP contribution in [-0.4, -0.2) is 13.9 Å². The van der Waals surface area contributed by atoms with Crippen molar-refractivity contribution in [2.24, 2.45) is 11.8 Å². The van der Waals surface area contributed by atoms with E-state index in [0.29, 0.717) is 23.2 Å². The smallest absolute Gasteiger partial charge is 0.133 e. The minimum atomic E-state index is -1.13. The minimum absolute atomic E-state index is 0.314. The third-order valence-corrected chi connectivity index (χ3v) is 5.56. The molecule has 0 N–H and O–H groups in total. The Morgan fingerprint density at radius 2 is 1.92 bits per heavy atom. The van der Waals surface area contributed by atoms with Crippen molar-refractivity contribution in [1.29, 1.82) is 0 Å². The van der Waals surface area contributed by atoms with E-state index in [2.05, 4.69) is 26.2 Å². The summed E-state index contributed by atoms with van der Waals surface area (Å²) in [7, 11) is -1.13. The SMILES string of the molecule is C=C[C@H]1[C@@H](C(C)=O)[C@H]1[Si](C)(C)C. The Morgan fingerprint density at radius 1 is 1.42 bits per heavy atom. The summed E-state index contributed by atoms with van der Waals surface area (Å²) in [4.78, 5) is 11.2. The number of allylic oxidation sites excluding steroid dienone is 1. The van der Waals surface area contributed by atoms with Gasteiger partial charge in [-0.25, -0.2) is 0 Å². The number of rotatable bonds is 3. The molecule has 0 aromatic rings. The van der Waals surface area contributed by atoms with Crippen LogP contribution in [0.4, 0.5) is 0 Å². The number of carbonyl (C=O) groups excluding carboxylic acids is 1. The van der Waals surface area contributed by atoms with E-state index in [4.69, 9.17) is 0 Å². The van der Waals surface area contributed by atoms with E-state index in [9.17, 15) is 4.79 Å². The van der Waals surface area contributed by atoms with Crippen molar-refractivity contribution in [2.75, 3.05) is 0 Å². The normalized spacial score (nSPS) is 34.5. The molecule has 0 aliphatic heterocycles. The molecule has 1 aliphatic rings. The third kappa shape index (κ3) is 1.53. The maximum absolute atomic E-state index is 11.2. The van der Waals surface area contributed by atoms with E-state index in [-0.39, 0.29) is 0 Å². The van der Waals surface area contributed by atoms with Gasteiger partial charge in [-0.1, -0.05) is 25.7 Å². The second kappa shape index (κ2) is 2.84. The number of hydrogen-bond acceptors (Lipinski definition) is 1. The van der Waals surface area contributed by atoms with Gasteiger partial charge in [-0.05, 0) is 18.4 Å². The van der Waals surface area contributed by atoms with Crippen LogP contribution in [-0.2, 0) is 4.79 Å². The van der Waals surface area contributed by atoms with Crippen molar-refractivity contribution >= 4 is 13.9 Å². The summed E-state index contributed by atoms with van der Waals surface area (Å²) in [6, 6.07) is 0. The molecule has 2 heteroatoms. The molecule has 3 atom stereocenters. The van der Waals surface area contributed by atoms with Gasteiger partial charge in [0.15, 0.2) is 0 Å². The van der Waals surface area contributed by atoms with Gasteiger partial charge in [0.2, 0.25) is 0 Å². The molecule has 1 aliphatic carbocycles. The van der Waals surface area contributed by atoms with Crippen LogP contribution in [0.25, 0.3) is 0 Å². The molecular formula is C10H18OSi. The van der Waals surface area contributed by atoms with Gasteiger partial charge in [0.1, 0.15) is 5.78 Å². The minimum Gasteiger partial charge on any atom is -0.300 e. The van der Waals surface area contributed by atoms with Crippen molar-refractivity contribution in [3.63, 3.8) is 0 Å². The predicted molar refractivity (Wildman–Crippen MR) is 55.0 cm³/mol. The maximum atomic E-state index is 11.2. The van der Waals surface area contributed by atoms with E-state index < -0.39 is 8.07 Å². The van der Waals surface area contributed by atoms with E-state index in [1.54, 1.807) is 6.92 Å². The largest absolute Gasteiger partial charge is 0.300 e. The highest BCUT2D eigenvalue weighted by Gasteiger charge is 2.56. The molecule has 0 amide bonds. The summed E-state index contributed by atoms with van der Waals surface area (Å²) in [5.41, 5.74) is 0.660. The summed E-state index contributed by atoms with van der Waals surface area (Å²) in [6.07, 6.45) is 1.97. The Morgan fingerprint density at radius 3 is 2.00 bits per heavy atom. The highest BCUT2D eigenvalue weighted by Crippen LogP contribution is 2.58. The van der Waals surface area contributed by atoms with Crippen LogP contribution in [0.15, 0.2) is 12.7 Å². The fourth-order valence-electron chi connectivity index (χ4n) is 2.27. The summed E-state index contributed by atoms with van der Waals surface area (Å²) in [6.45, 7) is 12.5. The lowest BCUT2D eigenvalue weighted by molar-refractivity contribution is -0.118. The van der Waals surface area contributed by atoms with Gasteiger partial charge in [-0.15, -0.1) is 6.58 Å². The van der Waals surface area contributed by atoms with Gasteiger partial charge in [0, 0.05) is 14.0 Å². The Bertz CT molecular complexity index is 214. The molecule has 1 nitrogen and oxygen atoms in total. The average molecular weight is 182 g/mol. The molecule has 0 bridgehead atoms. The van der Waals surface area contributed by atoms with Crippen LogP contribution in [0.2, 0.25) is 25.2 Å². The van der Waals surface area contributed by atoms with Gasteiger partial charge >= 0.3 is 0 Å². The Hall–Kier alpha value is -0.373. The topological polar surface area (TPSA) is 17.1 Å². The van der Waals surface area contributed by atoms with E-state index in [0.717, 1.165) is 0 Å². The second-order valence-electron chi connectivity index (χ2n) is 4.84. The predicted octanol–water partition coefficient (Wildman–Crippen LogP) is 2.72. The Kier molecular flexibility index (Phi) is 2.30. The summed E-state index contributed by atoms with van der Waals surface area (Å²) in [5, 5.41) is 0. The molecule has 1 rings (SSSR count). The monoisotopic (exact) mass is 182 g/mol. The molecule has 0 spiro atoms. The highest BCUT2D eigenvalue weighted by molar-refractivity contribution is 6.78. The standard InChI is InChI=1S/C10H18OSi/c1-6-8-9(7(2)11)10(8)12(3,4)5/h6,8-10H,1H2,2-5H3/t8-,9+,10-/m0/s1. The number of Topliss-reactive ketones (excluding diaryl/α,β-unsaturated/α-hetero) is 1. The molecule has 0 saturated heterocycles. The van der Waals surface area contributed by atoms with E-state index >= 15 is 0 Å². The van der Waals surface area contributed by atoms with Crippen LogP contribution in [0.3, 0.4) is 0 Å². The molecule has 0 radical (unpaired) electrons. The molecule has 1 fully saturated rings. The first-order valence-electron chi connectivity index (χ1n) is 4.52. The number of ketones is 1. The summed E-state index contributed by atoms with van der Waals surface area (Å²) in [5.74, 6) is 1.16. The molecule has 0 heterocycles. The van der Waals surface area contributed by atoms with Gasteiger partial charge < -0.3 is 0 Å². The van der Waals surface area contributed by atoms with Gasteiger partial charge in [-0.3, -0.25) is 4.79 Å². The molecule has 0 aromatic heterocycles. The van der Waals surface area contributed by atoms with Crippen molar-refractivity contribution in [3.05, 3.63) is 12.7 Å². The van der Waals surface area contributed by atoms with E-state index in [1.165, 1.54) is 0 Å². The molecule has 0 aromatic carbocycles. The van der Waals surface area contributed by atoms with Crippen LogP contribution >= 0.6 is 0 Å². The zero-order valence-corrected chi connectivity index (χ0v) is 9.42. The first-order valence-corrected chi connectivity index (χ1v) is 8.10. The number of carbonyl (C=O) groups is 1. The fourth-order valence-corrected chi connectivity index (χ4v) is 5.19. The van der Waals surface area contributed by atoms with Crippen LogP contribution in [0, 0.1) is 11.8 Å². The molecule has 12 heavy (non-hydrogen) atoms. The zero-order chi connectivity index (χ0) is 9.52.